The molecule has 0 aliphatic carbocycles. The number of para-hydroxylation sites is 1. The van der Waals surface area contributed by atoms with Gasteiger partial charge in [-0.25, -0.2) is 4.79 Å². The number of carbonyl (C=O) groups is 1. The average Bonchev–Trinajstić information content (AvgIpc) is 2.58. The van der Waals surface area contributed by atoms with E-state index in [0.29, 0.717) is 5.69 Å². The molecule has 0 saturated heterocycles. The molecule has 0 spiro atoms. The molecule has 0 unspecified atom stereocenters. The Morgan fingerprint density at radius 1 is 0.960 bits per heavy atom. The van der Waals surface area contributed by atoms with Crippen LogP contribution in [0.2, 0.25) is 18.1 Å². The number of hydroxylamine groups is 1. The number of nitrogens with zero attached hydrogens (tertiary/aromatic N) is 1. The topological polar surface area (TPSA) is 38.8 Å². The summed E-state index contributed by atoms with van der Waals surface area (Å²) in [6.07, 6.45) is -0.500. The van der Waals surface area contributed by atoms with Crippen molar-refractivity contribution in [2.45, 2.75) is 45.5 Å². The first-order valence-corrected chi connectivity index (χ1v) is 11.4. The van der Waals surface area contributed by atoms with Crippen molar-refractivity contribution in [1.29, 1.82) is 0 Å². The largest absolute Gasteiger partial charge is 0.443 e. The van der Waals surface area contributed by atoms with E-state index in [-0.39, 0.29) is 11.6 Å². The van der Waals surface area contributed by atoms with Gasteiger partial charge in [-0.1, -0.05) is 69.3 Å². The second kappa shape index (κ2) is 7.85. The van der Waals surface area contributed by atoms with E-state index in [2.05, 4.69) is 33.9 Å². The van der Waals surface area contributed by atoms with E-state index in [0.717, 1.165) is 5.56 Å². The van der Waals surface area contributed by atoms with Crippen molar-refractivity contribution in [2.24, 2.45) is 0 Å². The summed E-state index contributed by atoms with van der Waals surface area (Å²) < 4.78 is 11.7. The highest BCUT2D eigenvalue weighted by Crippen LogP contribution is 2.38. The molecule has 2 rings (SSSR count). The van der Waals surface area contributed by atoms with Crippen LogP contribution >= 0.6 is 0 Å². The van der Waals surface area contributed by atoms with Crippen molar-refractivity contribution in [1.82, 2.24) is 0 Å². The summed E-state index contributed by atoms with van der Waals surface area (Å²) in [5, 5.41) is 1.28. The standard InChI is InChI=1S/C20H27NO3Si/c1-20(2,3)25(4,5)24-21(18-14-10-7-11-15-18)19(22)23-16-17-12-8-6-9-13-17/h6-15H,16H2,1-5H3. The zero-order valence-corrected chi connectivity index (χ0v) is 16.7. The predicted octanol–water partition coefficient (Wildman–Crippen LogP) is 5.77. The van der Waals surface area contributed by atoms with Crippen molar-refractivity contribution < 1.29 is 14.1 Å². The fourth-order valence-corrected chi connectivity index (χ4v) is 2.81. The minimum atomic E-state index is -2.20. The van der Waals surface area contributed by atoms with Gasteiger partial charge in [-0.3, -0.25) is 0 Å². The lowest BCUT2D eigenvalue weighted by atomic mass is 10.2. The van der Waals surface area contributed by atoms with Crippen LogP contribution in [0.1, 0.15) is 26.3 Å². The van der Waals surface area contributed by atoms with Crippen LogP contribution in [0, 0.1) is 0 Å². The van der Waals surface area contributed by atoms with Crippen molar-refractivity contribution in [3.05, 3.63) is 66.2 Å². The van der Waals surface area contributed by atoms with Gasteiger partial charge in [0, 0.05) is 0 Å². The van der Waals surface area contributed by atoms with Crippen LogP contribution in [0.3, 0.4) is 0 Å². The van der Waals surface area contributed by atoms with Crippen LogP contribution in [0.4, 0.5) is 10.5 Å². The number of anilines is 1. The van der Waals surface area contributed by atoms with Gasteiger partial charge in [-0.15, -0.1) is 0 Å². The molecule has 0 bridgehead atoms. The predicted molar refractivity (Wildman–Crippen MR) is 104 cm³/mol. The first-order chi connectivity index (χ1) is 11.7. The number of benzene rings is 2. The molecular formula is C20H27NO3Si. The van der Waals surface area contributed by atoms with Crippen LogP contribution in [0.25, 0.3) is 0 Å². The highest BCUT2D eigenvalue weighted by molar-refractivity contribution is 6.74. The summed E-state index contributed by atoms with van der Waals surface area (Å²) >= 11 is 0. The quantitative estimate of drug-likeness (QED) is 0.504. The molecule has 134 valence electrons. The molecule has 2 aromatic rings. The van der Waals surface area contributed by atoms with Crippen molar-refractivity contribution in [3.8, 4) is 0 Å². The Labute approximate surface area is 151 Å². The van der Waals surface area contributed by atoms with Crippen LogP contribution in [-0.4, -0.2) is 14.4 Å². The minimum Gasteiger partial charge on any atom is -0.443 e. The normalized spacial score (nSPS) is 11.9. The molecule has 0 aromatic heterocycles. The Bertz CT molecular complexity index is 681. The molecule has 0 saturated carbocycles. The highest BCUT2D eigenvalue weighted by Gasteiger charge is 2.41. The summed E-state index contributed by atoms with van der Waals surface area (Å²) in [5.41, 5.74) is 1.61. The molecule has 0 atom stereocenters. The molecular weight excluding hydrogens is 330 g/mol. The zero-order chi connectivity index (χ0) is 18.5. The maximum Gasteiger partial charge on any atom is 0.438 e. The second-order valence-corrected chi connectivity index (χ2v) is 12.2. The fourth-order valence-electron chi connectivity index (χ4n) is 1.90. The molecule has 25 heavy (non-hydrogen) atoms. The lowest BCUT2D eigenvalue weighted by Gasteiger charge is -2.39. The minimum absolute atomic E-state index is 0.0280. The highest BCUT2D eigenvalue weighted by atomic mass is 28.4. The van der Waals surface area contributed by atoms with E-state index in [1.807, 2.05) is 60.7 Å². The Morgan fingerprint density at radius 2 is 1.48 bits per heavy atom. The smallest absolute Gasteiger partial charge is 0.438 e. The van der Waals surface area contributed by atoms with E-state index >= 15 is 0 Å². The fraction of sp³-hybridized carbons (Fsp3) is 0.350. The van der Waals surface area contributed by atoms with Crippen LogP contribution in [0.15, 0.2) is 60.7 Å². The third-order valence-electron chi connectivity index (χ3n) is 4.49. The zero-order valence-electron chi connectivity index (χ0n) is 15.7. The average molecular weight is 358 g/mol. The number of amides is 1. The van der Waals surface area contributed by atoms with E-state index in [1.54, 1.807) is 0 Å². The van der Waals surface area contributed by atoms with Gasteiger partial charge in [0.05, 0.1) is 5.69 Å². The molecule has 1 amide bonds. The molecule has 4 nitrogen and oxygen atoms in total. The van der Waals surface area contributed by atoms with Gasteiger partial charge in [-0.05, 0) is 35.8 Å². The molecule has 0 aliphatic rings. The molecule has 0 aliphatic heterocycles. The molecule has 5 heteroatoms. The van der Waals surface area contributed by atoms with E-state index in [9.17, 15) is 4.79 Å². The van der Waals surface area contributed by atoms with E-state index in [4.69, 9.17) is 9.26 Å². The van der Waals surface area contributed by atoms with Crippen molar-refractivity contribution in [3.63, 3.8) is 0 Å². The number of ether oxygens (including phenoxy) is 1. The second-order valence-electron chi connectivity index (χ2n) is 7.52. The van der Waals surface area contributed by atoms with Gasteiger partial charge in [0.15, 0.2) is 0 Å². The Hall–Kier alpha value is -2.11. The van der Waals surface area contributed by atoms with Gasteiger partial charge >= 0.3 is 6.09 Å². The molecule has 0 heterocycles. The van der Waals surface area contributed by atoms with E-state index in [1.165, 1.54) is 5.06 Å². The Kier molecular flexibility index (Phi) is 6.03. The summed E-state index contributed by atoms with van der Waals surface area (Å²) in [5.74, 6) is 0. The van der Waals surface area contributed by atoms with Gasteiger partial charge in [0.1, 0.15) is 6.61 Å². The number of rotatable bonds is 5. The van der Waals surface area contributed by atoms with Crippen LogP contribution in [-0.2, 0) is 15.9 Å². The summed E-state index contributed by atoms with van der Waals surface area (Å²) in [4.78, 5) is 12.7. The first kappa shape index (κ1) is 19.2. The molecule has 0 N–H and O–H groups in total. The lowest BCUT2D eigenvalue weighted by Crippen LogP contribution is -2.49. The Balaban J connectivity index is 2.18. The van der Waals surface area contributed by atoms with Gasteiger partial charge in [0.2, 0.25) is 8.32 Å². The monoisotopic (exact) mass is 357 g/mol. The van der Waals surface area contributed by atoms with Crippen molar-refractivity contribution >= 4 is 20.1 Å². The third-order valence-corrected chi connectivity index (χ3v) is 8.74. The summed E-state index contributed by atoms with van der Waals surface area (Å²) in [6, 6.07) is 19.0. The third kappa shape index (κ3) is 5.18. The lowest BCUT2D eigenvalue weighted by molar-refractivity contribution is 0.117. The van der Waals surface area contributed by atoms with Crippen LogP contribution < -0.4 is 5.06 Å². The number of hydrogen-bond donors (Lipinski definition) is 0. The first-order valence-electron chi connectivity index (χ1n) is 8.46. The van der Waals surface area contributed by atoms with Gasteiger partial charge < -0.3 is 9.26 Å². The van der Waals surface area contributed by atoms with Crippen LogP contribution in [0.5, 0.6) is 0 Å². The van der Waals surface area contributed by atoms with Gasteiger partial charge in [0.25, 0.3) is 0 Å². The molecule has 2 aromatic carbocycles. The summed E-state index contributed by atoms with van der Waals surface area (Å²) in [7, 11) is -2.20. The van der Waals surface area contributed by atoms with Gasteiger partial charge in [-0.2, -0.15) is 5.06 Å². The SMILES string of the molecule is CC(C)(C)[Si](C)(C)ON(C(=O)OCc1ccccc1)c1ccccc1. The van der Waals surface area contributed by atoms with E-state index < -0.39 is 14.4 Å². The van der Waals surface area contributed by atoms with Crippen molar-refractivity contribution in [2.75, 3.05) is 5.06 Å². The summed E-state index contributed by atoms with van der Waals surface area (Å²) in [6.45, 7) is 10.8. The maximum atomic E-state index is 12.7. The molecule has 0 fully saturated rings. The number of hydrogen-bond acceptors (Lipinski definition) is 3. The maximum absolute atomic E-state index is 12.7. The Morgan fingerprint density at radius 3 is 2.00 bits per heavy atom. The molecule has 0 radical (unpaired) electrons. The number of carbonyl (C=O) groups excluding carboxylic acids is 1.